The minimum Gasteiger partial charge on any atom is -0.388 e. The number of benzene rings is 1. The van der Waals surface area contributed by atoms with Gasteiger partial charge in [0.15, 0.2) is 0 Å². The molecule has 0 unspecified atom stereocenters. The van der Waals surface area contributed by atoms with Crippen LogP contribution in [0.15, 0.2) is 17.0 Å². The summed E-state index contributed by atoms with van der Waals surface area (Å²) < 4.78 is 31.2. The van der Waals surface area contributed by atoms with Crippen LogP contribution in [-0.4, -0.2) is 50.0 Å². The van der Waals surface area contributed by atoms with Crippen molar-refractivity contribution < 1.29 is 18.0 Å². The van der Waals surface area contributed by atoms with Crippen molar-refractivity contribution in [2.24, 2.45) is 17.1 Å². The number of Topliss-reactive ketones (excluding diaryl/α,β-unsaturated/α-hetero) is 1. The van der Waals surface area contributed by atoms with Gasteiger partial charge < -0.3 is 10.6 Å². The van der Waals surface area contributed by atoms with Gasteiger partial charge in [0.05, 0.1) is 10.7 Å². The number of carbonyl (C=O) groups excluding carboxylic acids is 2. The number of piperidine rings is 1. The van der Waals surface area contributed by atoms with E-state index in [1.54, 1.807) is 4.90 Å². The molecule has 8 nitrogen and oxygen atoms in total. The van der Waals surface area contributed by atoms with Crippen LogP contribution in [0, 0.1) is 16.7 Å². The zero-order chi connectivity index (χ0) is 32.0. The van der Waals surface area contributed by atoms with E-state index in [2.05, 4.69) is 39.3 Å². The highest BCUT2D eigenvalue weighted by Gasteiger charge is 2.35. The molecule has 0 radical (unpaired) electrons. The van der Waals surface area contributed by atoms with E-state index in [4.69, 9.17) is 11.1 Å². The summed E-state index contributed by atoms with van der Waals surface area (Å²) in [4.78, 5) is 28.7. The lowest BCUT2D eigenvalue weighted by Crippen LogP contribution is -2.51. The Morgan fingerprint density at radius 3 is 1.93 bits per heavy atom. The molecule has 0 aliphatic carbocycles. The van der Waals surface area contributed by atoms with Crippen LogP contribution in [0.25, 0.3) is 0 Å². The number of hydrogen-bond acceptors (Lipinski definition) is 5. The number of nitrogens with two attached hydrogens (primary N) is 1. The van der Waals surface area contributed by atoms with Crippen LogP contribution in [0.4, 0.5) is 0 Å². The number of likely N-dealkylation sites (tertiary alicyclic amines) is 1. The van der Waals surface area contributed by atoms with Gasteiger partial charge in [0.1, 0.15) is 11.8 Å². The second kappa shape index (κ2) is 15.0. The third-order valence-electron chi connectivity index (χ3n) is 8.10. The van der Waals surface area contributed by atoms with Crippen LogP contribution in [0.5, 0.6) is 0 Å². The molecule has 0 spiro atoms. The molecule has 238 valence electrons. The Labute approximate surface area is 255 Å². The van der Waals surface area contributed by atoms with E-state index in [1.807, 2.05) is 39.8 Å². The Hall–Kier alpha value is -2.26. The molecular formula is C33H56N4O4S. The van der Waals surface area contributed by atoms with Crippen LogP contribution in [0.2, 0.25) is 0 Å². The molecule has 4 N–H and O–H groups in total. The van der Waals surface area contributed by atoms with Gasteiger partial charge >= 0.3 is 0 Å². The van der Waals surface area contributed by atoms with Gasteiger partial charge in [-0.15, -0.1) is 0 Å². The van der Waals surface area contributed by atoms with Gasteiger partial charge in [0.2, 0.25) is 15.9 Å². The Balaban J connectivity index is 2.39. The van der Waals surface area contributed by atoms with Gasteiger partial charge in [-0.2, -0.15) is 4.72 Å². The van der Waals surface area contributed by atoms with E-state index in [1.165, 1.54) is 0 Å². The molecule has 1 saturated heterocycles. The van der Waals surface area contributed by atoms with E-state index in [9.17, 15) is 18.0 Å². The molecule has 0 bridgehead atoms. The molecule has 0 saturated carbocycles. The number of sulfonamides is 1. The molecule has 1 heterocycles. The second-order valence-corrected chi connectivity index (χ2v) is 15.9. The minimum absolute atomic E-state index is 0.0258. The highest BCUT2D eigenvalue weighted by atomic mass is 32.2. The summed E-state index contributed by atoms with van der Waals surface area (Å²) in [7, 11) is -4.05. The average molecular weight is 605 g/mol. The standard InChI is InChI=1S/C33H56N4O4S/c1-21(2)25-18-26(22(3)4)31(27(19-25)23(5)6)42(40,41)36-28(12-10-11-13-30(34)35)32(39)37-16-14-24(15-17-37)29(38)20-33(7,8)9/h18-19,21-24,28,36H,10-17,20H2,1-9H3,(H3,34,35)/t28-/m0/s1. The van der Waals surface area contributed by atoms with Crippen LogP contribution in [-0.2, 0) is 19.6 Å². The highest BCUT2D eigenvalue weighted by Crippen LogP contribution is 2.35. The van der Waals surface area contributed by atoms with Crippen molar-refractivity contribution in [2.45, 2.75) is 136 Å². The number of amides is 1. The van der Waals surface area contributed by atoms with Gasteiger partial charge in [-0.3, -0.25) is 15.0 Å². The van der Waals surface area contributed by atoms with Crippen molar-refractivity contribution in [3.63, 3.8) is 0 Å². The van der Waals surface area contributed by atoms with Crippen molar-refractivity contribution in [1.82, 2.24) is 9.62 Å². The molecule has 42 heavy (non-hydrogen) atoms. The van der Waals surface area contributed by atoms with Crippen LogP contribution >= 0.6 is 0 Å². The van der Waals surface area contributed by atoms with Crippen LogP contribution in [0.3, 0.4) is 0 Å². The zero-order valence-corrected chi connectivity index (χ0v) is 28.3. The summed E-state index contributed by atoms with van der Waals surface area (Å²) in [6, 6.07) is 3.06. The number of nitrogens with one attached hydrogen (secondary N) is 2. The fourth-order valence-electron chi connectivity index (χ4n) is 5.65. The fraction of sp³-hybridized carbons (Fsp3) is 0.727. The Bertz CT molecular complexity index is 1180. The third kappa shape index (κ3) is 10.2. The molecule has 1 aromatic carbocycles. The summed E-state index contributed by atoms with van der Waals surface area (Å²) in [6.07, 6.45) is 3.57. The molecular weight excluding hydrogens is 548 g/mol. The number of hydrogen-bond donors (Lipinski definition) is 3. The summed E-state index contributed by atoms with van der Waals surface area (Å²) in [5.41, 5.74) is 8.08. The van der Waals surface area contributed by atoms with Crippen LogP contribution < -0.4 is 10.5 Å². The summed E-state index contributed by atoms with van der Waals surface area (Å²) in [5.74, 6) is 0.194. The molecule has 1 aliphatic rings. The Morgan fingerprint density at radius 2 is 1.50 bits per heavy atom. The lowest BCUT2D eigenvalue weighted by molar-refractivity contribution is -0.137. The molecule has 1 aromatic rings. The molecule has 1 atom stereocenters. The van der Waals surface area contributed by atoms with Crippen molar-refractivity contribution in [2.75, 3.05) is 13.1 Å². The molecule has 9 heteroatoms. The summed E-state index contributed by atoms with van der Waals surface area (Å²) in [6.45, 7) is 19.2. The van der Waals surface area contributed by atoms with Crippen molar-refractivity contribution in [3.05, 3.63) is 28.8 Å². The smallest absolute Gasteiger partial charge is 0.241 e. The maximum atomic E-state index is 14.2. The first-order chi connectivity index (χ1) is 19.3. The maximum Gasteiger partial charge on any atom is 0.241 e. The van der Waals surface area contributed by atoms with Crippen molar-refractivity contribution in [3.8, 4) is 0 Å². The van der Waals surface area contributed by atoms with E-state index < -0.39 is 16.1 Å². The molecule has 1 aliphatic heterocycles. The fourth-order valence-corrected chi connectivity index (χ4v) is 7.57. The Morgan fingerprint density at radius 1 is 0.976 bits per heavy atom. The van der Waals surface area contributed by atoms with E-state index in [0.29, 0.717) is 58.0 Å². The highest BCUT2D eigenvalue weighted by molar-refractivity contribution is 7.89. The van der Waals surface area contributed by atoms with Gasteiger partial charge in [-0.05, 0) is 65.5 Å². The molecule has 1 amide bonds. The number of carbonyl (C=O) groups is 2. The van der Waals surface area contributed by atoms with Crippen LogP contribution in [0.1, 0.15) is 142 Å². The largest absolute Gasteiger partial charge is 0.388 e. The number of nitrogens with zero attached hydrogens (tertiary/aromatic N) is 1. The lowest BCUT2D eigenvalue weighted by Gasteiger charge is -2.35. The predicted molar refractivity (Wildman–Crippen MR) is 172 cm³/mol. The maximum absolute atomic E-state index is 14.2. The van der Waals surface area contributed by atoms with Crippen molar-refractivity contribution >= 4 is 27.5 Å². The zero-order valence-electron chi connectivity index (χ0n) is 27.5. The average Bonchev–Trinajstić information content (AvgIpc) is 2.87. The van der Waals surface area contributed by atoms with E-state index in [-0.39, 0.29) is 51.5 Å². The van der Waals surface area contributed by atoms with Crippen molar-refractivity contribution in [1.29, 1.82) is 5.41 Å². The predicted octanol–water partition coefficient (Wildman–Crippen LogP) is 6.44. The quantitative estimate of drug-likeness (QED) is 0.128. The van der Waals surface area contributed by atoms with Gasteiger partial charge in [-0.1, -0.05) is 80.9 Å². The van der Waals surface area contributed by atoms with E-state index >= 15 is 0 Å². The third-order valence-corrected chi connectivity index (χ3v) is 9.70. The first-order valence-corrected chi connectivity index (χ1v) is 17.2. The molecule has 0 aromatic heterocycles. The normalized spacial score (nSPS) is 16.0. The first kappa shape index (κ1) is 35.9. The topological polar surface area (TPSA) is 133 Å². The molecule has 2 rings (SSSR count). The number of unbranched alkanes of at least 4 members (excludes halogenated alkanes) is 1. The second-order valence-electron chi connectivity index (χ2n) is 14.2. The summed E-state index contributed by atoms with van der Waals surface area (Å²) >= 11 is 0. The Kier molecular flexibility index (Phi) is 12.8. The molecule has 1 fully saturated rings. The van der Waals surface area contributed by atoms with Gasteiger partial charge in [0, 0.05) is 31.8 Å². The number of ketones is 1. The SMILES string of the molecule is CC(C)c1cc(C(C)C)c(S(=O)(=O)N[C@@H](CCCCC(=N)N)C(=O)N2CCC(C(=O)CC(C)(C)C)CC2)c(C(C)C)c1. The van der Waals surface area contributed by atoms with Gasteiger partial charge in [-0.25, -0.2) is 8.42 Å². The minimum atomic E-state index is -4.05. The lowest BCUT2D eigenvalue weighted by atomic mass is 9.82. The van der Waals surface area contributed by atoms with Gasteiger partial charge in [0.25, 0.3) is 0 Å². The van der Waals surface area contributed by atoms with E-state index in [0.717, 1.165) is 16.7 Å². The monoisotopic (exact) mass is 604 g/mol. The first-order valence-electron chi connectivity index (χ1n) is 15.7. The number of amidine groups is 1. The number of rotatable bonds is 14. The summed E-state index contributed by atoms with van der Waals surface area (Å²) in [5, 5.41) is 7.53.